The first-order valence-corrected chi connectivity index (χ1v) is 10.8. The minimum absolute atomic E-state index is 0.200. The lowest BCUT2D eigenvalue weighted by atomic mass is 10.1. The van der Waals surface area contributed by atoms with E-state index in [-0.39, 0.29) is 5.91 Å². The number of fused-ring (bicyclic) bond motifs is 2. The third-order valence-electron chi connectivity index (χ3n) is 4.58. The standard InChI is InChI=1S/C21H15BrN4O2S/c22-17-11-10-16(28-17)19-23-15-9-5-4-8-14(15)18-20(27)24-21(25-26(18)19)29-12-13-6-2-1-3-7-13/h1-11,19H,12H2,(H,24,25,27)/t19-/m0/s1. The average Bonchev–Trinajstić information content (AvgIpc) is 3.18. The summed E-state index contributed by atoms with van der Waals surface area (Å²) in [7, 11) is 0. The number of hydrogen-bond acceptors (Lipinski definition) is 6. The van der Waals surface area contributed by atoms with Crippen LogP contribution in [0.3, 0.4) is 0 Å². The first-order valence-electron chi connectivity index (χ1n) is 8.97. The molecule has 0 fully saturated rings. The number of nitrogens with one attached hydrogen (secondary N) is 1. The lowest BCUT2D eigenvalue weighted by molar-refractivity contribution is -0.116. The van der Waals surface area contributed by atoms with Crippen molar-refractivity contribution in [3.05, 3.63) is 93.3 Å². The van der Waals surface area contributed by atoms with E-state index < -0.39 is 6.17 Å². The molecule has 0 unspecified atom stereocenters. The Morgan fingerprint density at radius 1 is 1.07 bits per heavy atom. The Bertz CT molecular complexity index is 1240. The molecule has 1 amide bonds. The molecule has 2 aromatic carbocycles. The highest BCUT2D eigenvalue weighted by molar-refractivity contribution is 9.10. The van der Waals surface area contributed by atoms with Crippen LogP contribution in [0, 0.1) is 0 Å². The summed E-state index contributed by atoms with van der Waals surface area (Å²) < 4.78 is 6.35. The number of hydrazone groups is 1. The fraction of sp³-hybridized carbons (Fsp3) is 0.0952. The number of hydrogen-bond donors (Lipinski definition) is 1. The van der Waals surface area contributed by atoms with Crippen molar-refractivity contribution in [2.45, 2.75) is 11.9 Å². The molecule has 2 aliphatic rings. The Balaban J connectivity index is 1.57. The highest BCUT2D eigenvalue weighted by atomic mass is 79.9. The van der Waals surface area contributed by atoms with Crippen molar-refractivity contribution in [1.82, 2.24) is 10.3 Å². The van der Waals surface area contributed by atoms with Crippen LogP contribution < -0.4 is 15.9 Å². The van der Waals surface area contributed by atoms with E-state index in [1.165, 1.54) is 11.8 Å². The van der Waals surface area contributed by atoms with Crippen molar-refractivity contribution < 1.29 is 9.21 Å². The SMILES string of the molecule is O=C1NC(SCc2ccccc2)=NN2C1=c1ccccc1=N[C@@H]2c1ccc(Br)o1. The van der Waals surface area contributed by atoms with Gasteiger partial charge in [0.15, 0.2) is 15.6 Å². The van der Waals surface area contributed by atoms with Crippen LogP contribution in [0.15, 0.2) is 85.9 Å². The molecule has 0 aliphatic carbocycles. The van der Waals surface area contributed by atoms with Gasteiger partial charge in [-0.3, -0.25) is 10.1 Å². The molecule has 0 spiro atoms. The second-order valence-corrected chi connectivity index (χ2v) is 8.23. The summed E-state index contributed by atoms with van der Waals surface area (Å²) in [4.78, 5) is 17.8. The van der Waals surface area contributed by atoms with Crippen molar-refractivity contribution in [3.63, 3.8) is 0 Å². The van der Waals surface area contributed by atoms with Crippen LogP contribution in [0.2, 0.25) is 0 Å². The lowest BCUT2D eigenvalue weighted by Crippen LogP contribution is -2.50. The van der Waals surface area contributed by atoms with Gasteiger partial charge in [0.1, 0.15) is 5.70 Å². The summed E-state index contributed by atoms with van der Waals surface area (Å²) in [6, 6.07) is 21.3. The zero-order valence-corrected chi connectivity index (χ0v) is 17.5. The molecule has 5 rings (SSSR count). The predicted octanol–water partition coefficient (Wildman–Crippen LogP) is 3.12. The van der Waals surface area contributed by atoms with Crippen molar-refractivity contribution in [2.75, 3.05) is 0 Å². The molecule has 1 aromatic heterocycles. The van der Waals surface area contributed by atoms with E-state index in [1.807, 2.05) is 66.7 Å². The number of thioether (sulfide) groups is 1. The number of furan rings is 1. The quantitative estimate of drug-likeness (QED) is 0.643. The number of benzene rings is 2. The Hall–Kier alpha value is -2.84. The molecule has 8 heteroatoms. The molecule has 3 heterocycles. The van der Waals surface area contributed by atoms with Crippen molar-refractivity contribution >= 4 is 44.5 Å². The number of halogens is 1. The monoisotopic (exact) mass is 466 g/mol. The predicted molar refractivity (Wildman–Crippen MR) is 115 cm³/mol. The van der Waals surface area contributed by atoms with Crippen LogP contribution in [0.4, 0.5) is 0 Å². The van der Waals surface area contributed by atoms with Gasteiger partial charge in [0.05, 0.1) is 5.36 Å². The van der Waals surface area contributed by atoms with Gasteiger partial charge in [-0.15, -0.1) is 5.10 Å². The van der Waals surface area contributed by atoms with Crippen LogP contribution in [0.1, 0.15) is 17.5 Å². The number of amides is 1. The normalized spacial score (nSPS) is 17.8. The van der Waals surface area contributed by atoms with Gasteiger partial charge in [-0.1, -0.05) is 60.3 Å². The van der Waals surface area contributed by atoms with Gasteiger partial charge >= 0.3 is 0 Å². The van der Waals surface area contributed by atoms with Gasteiger partial charge in [-0.05, 0) is 39.7 Å². The Morgan fingerprint density at radius 2 is 1.86 bits per heavy atom. The molecule has 3 aromatic rings. The van der Waals surface area contributed by atoms with Gasteiger partial charge in [0.25, 0.3) is 5.91 Å². The largest absolute Gasteiger partial charge is 0.450 e. The fourth-order valence-corrected chi connectivity index (χ4v) is 4.40. The molecular formula is C21H15BrN4O2S. The van der Waals surface area contributed by atoms with Crippen LogP contribution in [-0.2, 0) is 10.5 Å². The smallest absolute Gasteiger partial charge is 0.276 e. The molecule has 2 aliphatic heterocycles. The van der Waals surface area contributed by atoms with E-state index in [0.29, 0.717) is 27.0 Å². The van der Waals surface area contributed by atoms with Gasteiger partial charge in [-0.2, -0.15) is 0 Å². The molecule has 0 radical (unpaired) electrons. The zero-order valence-electron chi connectivity index (χ0n) is 15.1. The van der Waals surface area contributed by atoms with E-state index >= 15 is 0 Å². The second-order valence-electron chi connectivity index (χ2n) is 6.49. The fourth-order valence-electron chi connectivity index (χ4n) is 3.27. The summed E-state index contributed by atoms with van der Waals surface area (Å²) in [5.74, 6) is 1.11. The minimum atomic E-state index is -0.551. The van der Waals surface area contributed by atoms with Crippen LogP contribution in [0.25, 0.3) is 5.70 Å². The molecule has 0 saturated carbocycles. The van der Waals surface area contributed by atoms with Crippen molar-refractivity contribution in [3.8, 4) is 0 Å². The molecule has 144 valence electrons. The lowest BCUT2D eigenvalue weighted by Gasteiger charge is -2.32. The zero-order chi connectivity index (χ0) is 19.8. The van der Waals surface area contributed by atoms with Crippen molar-refractivity contribution in [1.29, 1.82) is 0 Å². The van der Waals surface area contributed by atoms with Crippen LogP contribution in [-0.4, -0.2) is 16.1 Å². The highest BCUT2D eigenvalue weighted by Gasteiger charge is 2.35. The Morgan fingerprint density at radius 3 is 2.66 bits per heavy atom. The van der Waals surface area contributed by atoms with E-state index in [9.17, 15) is 4.79 Å². The third-order valence-corrected chi connectivity index (χ3v) is 5.94. The maximum absolute atomic E-state index is 13.0. The number of rotatable bonds is 3. The van der Waals surface area contributed by atoms with Crippen LogP contribution in [0.5, 0.6) is 0 Å². The second kappa shape index (κ2) is 7.53. The summed E-state index contributed by atoms with van der Waals surface area (Å²) in [5.41, 5.74) is 1.63. The summed E-state index contributed by atoms with van der Waals surface area (Å²) in [5, 5.41) is 11.3. The topological polar surface area (TPSA) is 70.2 Å². The average molecular weight is 467 g/mol. The maximum atomic E-state index is 13.0. The van der Waals surface area contributed by atoms with Crippen molar-refractivity contribution in [2.24, 2.45) is 10.1 Å². The molecule has 1 N–H and O–H groups in total. The number of carbonyl (C=O) groups excluding carboxylic acids is 1. The number of para-hydroxylation sites is 1. The summed E-state index contributed by atoms with van der Waals surface area (Å²) >= 11 is 4.82. The molecular weight excluding hydrogens is 452 g/mol. The molecule has 6 nitrogen and oxygen atoms in total. The van der Waals surface area contributed by atoms with E-state index in [0.717, 1.165) is 16.1 Å². The third kappa shape index (κ3) is 3.49. The molecule has 29 heavy (non-hydrogen) atoms. The number of amidine groups is 1. The summed E-state index contributed by atoms with van der Waals surface area (Å²) in [6.07, 6.45) is -0.551. The maximum Gasteiger partial charge on any atom is 0.276 e. The summed E-state index contributed by atoms with van der Waals surface area (Å²) in [6.45, 7) is 0. The Labute approximate surface area is 179 Å². The Kier molecular flexibility index (Phi) is 4.73. The number of carbonyl (C=O) groups is 1. The van der Waals surface area contributed by atoms with E-state index in [1.54, 1.807) is 5.01 Å². The first-order chi connectivity index (χ1) is 14.2. The van der Waals surface area contributed by atoms with E-state index in [4.69, 9.17) is 14.5 Å². The van der Waals surface area contributed by atoms with Gasteiger partial charge in [-0.25, -0.2) is 10.0 Å². The van der Waals surface area contributed by atoms with Gasteiger partial charge in [0, 0.05) is 11.0 Å². The van der Waals surface area contributed by atoms with Crippen LogP contribution >= 0.6 is 27.7 Å². The molecule has 0 bridgehead atoms. The number of nitrogens with zero attached hydrogens (tertiary/aromatic N) is 3. The van der Waals surface area contributed by atoms with Gasteiger partial charge < -0.3 is 4.42 Å². The molecule has 0 saturated heterocycles. The highest BCUT2D eigenvalue weighted by Crippen LogP contribution is 2.32. The first kappa shape index (κ1) is 18.2. The van der Waals surface area contributed by atoms with Gasteiger partial charge in [0.2, 0.25) is 6.17 Å². The molecule has 1 atom stereocenters. The minimum Gasteiger partial charge on any atom is -0.450 e. The van der Waals surface area contributed by atoms with E-state index in [2.05, 4.69) is 21.2 Å².